The summed E-state index contributed by atoms with van der Waals surface area (Å²) in [4.78, 5) is 3.86. The normalized spacial score (nSPS) is 25.0. The lowest BCUT2D eigenvalue weighted by molar-refractivity contribution is 0.332. The lowest BCUT2D eigenvalue weighted by Gasteiger charge is -2.26. The summed E-state index contributed by atoms with van der Waals surface area (Å²) in [6.45, 7) is 2.20. The fourth-order valence-electron chi connectivity index (χ4n) is 2.23. The summed E-state index contributed by atoms with van der Waals surface area (Å²) in [5, 5.41) is 0.0224. The van der Waals surface area contributed by atoms with Crippen LogP contribution in [0.3, 0.4) is 0 Å². The van der Waals surface area contributed by atoms with Crippen LogP contribution in [0.1, 0.15) is 32.6 Å². The van der Waals surface area contributed by atoms with Crippen LogP contribution in [-0.4, -0.2) is 19.4 Å². The molecule has 0 saturated heterocycles. The SMILES string of the molecule is CC1CCC(NS(=O)(=O)c2cccnc2Cl)CC1. The van der Waals surface area contributed by atoms with Gasteiger partial charge < -0.3 is 0 Å². The minimum atomic E-state index is -3.55. The van der Waals surface area contributed by atoms with Gasteiger partial charge in [-0.2, -0.15) is 0 Å². The first-order valence-electron chi connectivity index (χ1n) is 6.12. The number of hydrogen-bond acceptors (Lipinski definition) is 3. The van der Waals surface area contributed by atoms with Crippen molar-refractivity contribution in [3.8, 4) is 0 Å². The molecule has 1 fully saturated rings. The van der Waals surface area contributed by atoms with Crippen molar-refractivity contribution >= 4 is 21.6 Å². The monoisotopic (exact) mass is 288 g/mol. The summed E-state index contributed by atoms with van der Waals surface area (Å²) in [7, 11) is -3.55. The standard InChI is InChI=1S/C12H17ClN2O2S/c1-9-4-6-10(7-5-9)15-18(16,17)11-3-2-8-14-12(11)13/h2-3,8-10,15H,4-7H2,1H3. The van der Waals surface area contributed by atoms with Crippen LogP contribution in [0, 0.1) is 5.92 Å². The van der Waals surface area contributed by atoms with Gasteiger partial charge >= 0.3 is 0 Å². The zero-order valence-electron chi connectivity index (χ0n) is 10.3. The average Bonchev–Trinajstić information content (AvgIpc) is 2.32. The Morgan fingerprint density at radius 3 is 2.61 bits per heavy atom. The zero-order valence-corrected chi connectivity index (χ0v) is 11.8. The molecule has 0 radical (unpaired) electrons. The Kier molecular flexibility index (Phi) is 4.25. The van der Waals surface area contributed by atoms with E-state index in [9.17, 15) is 8.42 Å². The summed E-state index contributed by atoms with van der Waals surface area (Å²) in [5.74, 6) is 0.688. The average molecular weight is 289 g/mol. The van der Waals surface area contributed by atoms with Crippen molar-refractivity contribution in [2.45, 2.75) is 43.5 Å². The topological polar surface area (TPSA) is 59.1 Å². The van der Waals surface area contributed by atoms with Crippen molar-refractivity contribution in [1.82, 2.24) is 9.71 Å². The molecule has 0 atom stereocenters. The molecule has 1 N–H and O–H groups in total. The van der Waals surface area contributed by atoms with E-state index in [-0.39, 0.29) is 16.1 Å². The summed E-state index contributed by atoms with van der Waals surface area (Å²) >= 11 is 5.82. The van der Waals surface area contributed by atoms with Gasteiger partial charge in [-0.05, 0) is 43.7 Å². The Bertz CT molecular complexity index is 511. The predicted molar refractivity (Wildman–Crippen MR) is 71.0 cm³/mol. The largest absolute Gasteiger partial charge is 0.243 e. The number of aromatic nitrogens is 1. The van der Waals surface area contributed by atoms with E-state index in [2.05, 4.69) is 16.6 Å². The van der Waals surface area contributed by atoms with Crippen molar-refractivity contribution in [3.63, 3.8) is 0 Å². The highest BCUT2D eigenvalue weighted by atomic mass is 35.5. The van der Waals surface area contributed by atoms with E-state index in [1.165, 1.54) is 12.3 Å². The molecular weight excluding hydrogens is 272 g/mol. The molecule has 0 unspecified atom stereocenters. The van der Waals surface area contributed by atoms with Crippen LogP contribution in [-0.2, 0) is 10.0 Å². The maximum atomic E-state index is 12.2. The molecule has 1 aliphatic carbocycles. The van der Waals surface area contributed by atoms with E-state index in [0.29, 0.717) is 5.92 Å². The third-order valence-corrected chi connectivity index (χ3v) is 5.32. The zero-order chi connectivity index (χ0) is 13.2. The smallest absolute Gasteiger partial charge is 0.243 e. The second kappa shape index (κ2) is 5.55. The van der Waals surface area contributed by atoms with Gasteiger partial charge in [-0.25, -0.2) is 18.1 Å². The number of sulfonamides is 1. The van der Waals surface area contributed by atoms with Crippen LogP contribution in [0.5, 0.6) is 0 Å². The van der Waals surface area contributed by atoms with Crippen molar-refractivity contribution in [1.29, 1.82) is 0 Å². The van der Waals surface area contributed by atoms with E-state index < -0.39 is 10.0 Å². The van der Waals surface area contributed by atoms with Gasteiger partial charge in [0.05, 0.1) is 0 Å². The van der Waals surface area contributed by atoms with E-state index in [1.807, 2.05) is 0 Å². The van der Waals surface area contributed by atoms with Gasteiger partial charge in [0, 0.05) is 12.2 Å². The van der Waals surface area contributed by atoms with E-state index in [4.69, 9.17) is 11.6 Å². The van der Waals surface area contributed by atoms with Crippen LogP contribution in [0.4, 0.5) is 0 Å². The number of halogens is 1. The van der Waals surface area contributed by atoms with Crippen LogP contribution in [0.15, 0.2) is 23.2 Å². The van der Waals surface area contributed by atoms with Crippen molar-refractivity contribution in [2.24, 2.45) is 5.92 Å². The molecule has 6 heteroatoms. The first-order chi connectivity index (χ1) is 8.49. The van der Waals surface area contributed by atoms with Crippen molar-refractivity contribution < 1.29 is 8.42 Å². The van der Waals surface area contributed by atoms with Gasteiger partial charge in [0.15, 0.2) is 0 Å². The lowest BCUT2D eigenvalue weighted by atomic mass is 9.88. The van der Waals surface area contributed by atoms with Crippen LogP contribution in [0.2, 0.25) is 5.15 Å². The third kappa shape index (κ3) is 3.22. The molecule has 1 aliphatic rings. The molecule has 4 nitrogen and oxygen atoms in total. The van der Waals surface area contributed by atoms with E-state index in [0.717, 1.165) is 25.7 Å². The maximum absolute atomic E-state index is 12.2. The number of pyridine rings is 1. The quantitative estimate of drug-likeness (QED) is 0.870. The highest BCUT2D eigenvalue weighted by Crippen LogP contribution is 2.25. The Morgan fingerprint density at radius 1 is 1.33 bits per heavy atom. The minimum absolute atomic E-state index is 0.0162. The molecule has 0 spiro atoms. The van der Waals surface area contributed by atoms with Crippen LogP contribution in [0.25, 0.3) is 0 Å². The Morgan fingerprint density at radius 2 is 2.00 bits per heavy atom. The second-order valence-electron chi connectivity index (χ2n) is 4.87. The molecule has 100 valence electrons. The molecule has 18 heavy (non-hydrogen) atoms. The summed E-state index contributed by atoms with van der Waals surface area (Å²) < 4.78 is 27.1. The Balaban J connectivity index is 2.11. The van der Waals surface area contributed by atoms with Gasteiger partial charge in [-0.15, -0.1) is 0 Å². The first-order valence-corrected chi connectivity index (χ1v) is 7.98. The molecule has 1 aromatic rings. The first kappa shape index (κ1) is 13.8. The molecule has 0 aromatic carbocycles. The molecule has 1 saturated carbocycles. The molecule has 1 aromatic heterocycles. The highest BCUT2D eigenvalue weighted by molar-refractivity contribution is 7.89. The highest BCUT2D eigenvalue weighted by Gasteiger charge is 2.25. The van der Waals surface area contributed by atoms with Gasteiger partial charge in [0.25, 0.3) is 0 Å². The van der Waals surface area contributed by atoms with Crippen LogP contribution >= 0.6 is 11.6 Å². The molecule has 2 rings (SSSR count). The minimum Gasteiger partial charge on any atom is -0.243 e. The third-order valence-electron chi connectivity index (χ3n) is 3.35. The summed E-state index contributed by atoms with van der Waals surface area (Å²) in [6.07, 6.45) is 5.38. The van der Waals surface area contributed by atoms with Gasteiger partial charge in [-0.1, -0.05) is 18.5 Å². The predicted octanol–water partition coefficient (Wildman–Crippen LogP) is 2.59. The molecule has 0 bridgehead atoms. The molecule has 1 heterocycles. The number of nitrogens with zero attached hydrogens (tertiary/aromatic N) is 1. The molecule has 0 aliphatic heterocycles. The number of nitrogens with one attached hydrogen (secondary N) is 1. The van der Waals surface area contributed by atoms with Gasteiger partial charge in [0.2, 0.25) is 10.0 Å². The molecular formula is C12H17ClN2O2S. The number of rotatable bonds is 3. The fourth-order valence-corrected chi connectivity index (χ4v) is 3.99. The van der Waals surface area contributed by atoms with Crippen molar-refractivity contribution in [3.05, 3.63) is 23.5 Å². The maximum Gasteiger partial charge on any atom is 0.243 e. The van der Waals surface area contributed by atoms with Crippen LogP contribution < -0.4 is 4.72 Å². The second-order valence-corrected chi connectivity index (χ2v) is 6.91. The molecule has 0 amide bonds. The summed E-state index contributed by atoms with van der Waals surface area (Å²) in [6, 6.07) is 3.06. The van der Waals surface area contributed by atoms with Gasteiger partial charge in [-0.3, -0.25) is 0 Å². The number of hydrogen-bond donors (Lipinski definition) is 1. The van der Waals surface area contributed by atoms with E-state index in [1.54, 1.807) is 6.07 Å². The Hall–Kier alpha value is -0.650. The van der Waals surface area contributed by atoms with Crippen molar-refractivity contribution in [2.75, 3.05) is 0 Å². The Labute approximate surface area is 113 Å². The van der Waals surface area contributed by atoms with Gasteiger partial charge in [0.1, 0.15) is 10.0 Å². The summed E-state index contributed by atoms with van der Waals surface area (Å²) in [5.41, 5.74) is 0. The van der Waals surface area contributed by atoms with E-state index >= 15 is 0 Å². The fraction of sp³-hybridized carbons (Fsp3) is 0.583. The lowest BCUT2D eigenvalue weighted by Crippen LogP contribution is -2.37.